The molecule has 1 aliphatic carbocycles. The van der Waals surface area contributed by atoms with Crippen LogP contribution in [-0.4, -0.2) is 34.8 Å². The van der Waals surface area contributed by atoms with Crippen LogP contribution in [0.1, 0.15) is 57.9 Å². The van der Waals surface area contributed by atoms with E-state index < -0.39 is 11.6 Å². The molecule has 1 aromatic rings. The van der Waals surface area contributed by atoms with E-state index in [-0.39, 0.29) is 24.3 Å². The predicted molar refractivity (Wildman–Crippen MR) is 99.8 cm³/mol. The lowest BCUT2D eigenvalue weighted by Crippen LogP contribution is -2.54. The monoisotopic (exact) mass is 357 g/mol. The van der Waals surface area contributed by atoms with E-state index in [0.717, 1.165) is 29.7 Å². The summed E-state index contributed by atoms with van der Waals surface area (Å²) < 4.78 is 0. The zero-order valence-electron chi connectivity index (χ0n) is 15.7. The van der Waals surface area contributed by atoms with Gasteiger partial charge in [0.25, 0.3) is 5.91 Å². The van der Waals surface area contributed by atoms with Crippen molar-refractivity contribution in [3.8, 4) is 0 Å². The molecule has 0 aromatic heterocycles. The second kappa shape index (κ2) is 7.09. The Labute approximate surface area is 154 Å². The minimum Gasteiger partial charge on any atom is -0.325 e. The molecule has 1 spiro atoms. The Morgan fingerprint density at radius 3 is 2.81 bits per heavy atom. The molecule has 2 N–H and O–H groups in total. The van der Waals surface area contributed by atoms with Gasteiger partial charge in [-0.3, -0.25) is 14.5 Å². The molecule has 1 aliphatic heterocycles. The lowest BCUT2D eigenvalue weighted by Gasteiger charge is -2.36. The van der Waals surface area contributed by atoms with Crippen molar-refractivity contribution in [2.45, 2.75) is 57.9 Å². The smallest absolute Gasteiger partial charge is 0.325 e. The number of hydrogen-bond acceptors (Lipinski definition) is 3. The van der Waals surface area contributed by atoms with E-state index in [2.05, 4.69) is 24.5 Å². The normalized spacial score (nSPS) is 25.7. The van der Waals surface area contributed by atoms with Gasteiger partial charge in [-0.1, -0.05) is 45.7 Å². The van der Waals surface area contributed by atoms with Crippen LogP contribution in [-0.2, 0) is 9.59 Å². The van der Waals surface area contributed by atoms with E-state index in [0.29, 0.717) is 18.0 Å². The molecule has 0 unspecified atom stereocenters. The van der Waals surface area contributed by atoms with E-state index in [1.807, 2.05) is 25.1 Å². The minimum atomic E-state index is -0.826. The number of carbonyl (C=O) groups is 3. The van der Waals surface area contributed by atoms with Gasteiger partial charge in [0.05, 0.1) is 0 Å². The second-order valence-corrected chi connectivity index (χ2v) is 7.77. The number of anilines is 1. The summed E-state index contributed by atoms with van der Waals surface area (Å²) in [7, 11) is 0. The summed E-state index contributed by atoms with van der Waals surface area (Å²) in [6.45, 7) is 5.90. The molecule has 26 heavy (non-hydrogen) atoms. The molecule has 2 aliphatic rings. The molecule has 140 valence electrons. The van der Waals surface area contributed by atoms with Crippen LogP contribution in [0.2, 0.25) is 0 Å². The first-order chi connectivity index (χ1) is 12.3. The summed E-state index contributed by atoms with van der Waals surface area (Å²) in [4.78, 5) is 38.7. The Balaban J connectivity index is 1.68. The number of nitrogens with one attached hydrogen (secondary N) is 2. The average Bonchev–Trinajstić information content (AvgIpc) is 2.83. The zero-order valence-corrected chi connectivity index (χ0v) is 15.7. The maximum Gasteiger partial charge on any atom is 0.325 e. The highest BCUT2D eigenvalue weighted by molar-refractivity contribution is 6.10. The molecule has 2 atom stereocenters. The first-order valence-electron chi connectivity index (χ1n) is 9.37. The molecule has 0 radical (unpaired) electrons. The third kappa shape index (κ3) is 3.32. The van der Waals surface area contributed by atoms with E-state index in [1.54, 1.807) is 6.07 Å². The third-order valence-electron chi connectivity index (χ3n) is 5.64. The molecular formula is C20H27N3O3. The molecule has 2 fully saturated rings. The number of benzene rings is 1. The Morgan fingerprint density at radius 1 is 1.35 bits per heavy atom. The van der Waals surface area contributed by atoms with Gasteiger partial charge in [0.1, 0.15) is 12.1 Å². The topological polar surface area (TPSA) is 78.5 Å². The average molecular weight is 357 g/mol. The number of imide groups is 1. The summed E-state index contributed by atoms with van der Waals surface area (Å²) in [5, 5.41) is 5.66. The van der Waals surface area contributed by atoms with Crippen molar-refractivity contribution in [3.05, 3.63) is 29.8 Å². The van der Waals surface area contributed by atoms with Crippen molar-refractivity contribution in [1.82, 2.24) is 10.2 Å². The summed E-state index contributed by atoms with van der Waals surface area (Å²) in [6.07, 6.45) is 3.54. The highest BCUT2D eigenvalue weighted by Crippen LogP contribution is 2.38. The van der Waals surface area contributed by atoms with Crippen molar-refractivity contribution in [2.24, 2.45) is 5.92 Å². The second-order valence-electron chi connectivity index (χ2n) is 7.77. The Morgan fingerprint density at radius 2 is 2.12 bits per heavy atom. The highest BCUT2D eigenvalue weighted by atomic mass is 16.2. The molecule has 1 heterocycles. The van der Waals surface area contributed by atoms with Crippen LogP contribution in [0.4, 0.5) is 10.5 Å². The van der Waals surface area contributed by atoms with Crippen molar-refractivity contribution in [1.29, 1.82) is 0 Å². The fraction of sp³-hybridized carbons (Fsp3) is 0.550. The van der Waals surface area contributed by atoms with E-state index in [4.69, 9.17) is 0 Å². The number of carbonyl (C=O) groups excluding carboxylic acids is 3. The van der Waals surface area contributed by atoms with Crippen LogP contribution >= 0.6 is 0 Å². The van der Waals surface area contributed by atoms with Gasteiger partial charge in [-0.15, -0.1) is 0 Å². The van der Waals surface area contributed by atoms with Crippen molar-refractivity contribution in [2.75, 3.05) is 11.9 Å². The van der Waals surface area contributed by atoms with Crippen LogP contribution in [0.3, 0.4) is 0 Å². The van der Waals surface area contributed by atoms with Gasteiger partial charge >= 0.3 is 6.03 Å². The van der Waals surface area contributed by atoms with Gasteiger partial charge in [0, 0.05) is 5.69 Å². The van der Waals surface area contributed by atoms with Gasteiger partial charge in [-0.25, -0.2) is 4.79 Å². The minimum absolute atomic E-state index is 0.0866. The number of amides is 4. The molecule has 1 saturated heterocycles. The number of hydrogen-bond donors (Lipinski definition) is 2. The number of urea groups is 1. The highest BCUT2D eigenvalue weighted by Gasteiger charge is 2.55. The van der Waals surface area contributed by atoms with Gasteiger partial charge in [0.2, 0.25) is 5.91 Å². The lowest BCUT2D eigenvalue weighted by molar-refractivity contribution is -0.136. The van der Waals surface area contributed by atoms with Gasteiger partial charge in [-0.2, -0.15) is 0 Å². The fourth-order valence-corrected chi connectivity index (χ4v) is 3.96. The molecular weight excluding hydrogens is 330 g/mol. The molecule has 4 amide bonds. The summed E-state index contributed by atoms with van der Waals surface area (Å²) in [6, 6.07) is 7.15. The van der Waals surface area contributed by atoms with Crippen LogP contribution in [0.15, 0.2) is 24.3 Å². The van der Waals surface area contributed by atoms with Gasteiger partial charge in [0.15, 0.2) is 0 Å². The lowest BCUT2D eigenvalue weighted by atomic mass is 9.73. The quantitative estimate of drug-likeness (QED) is 0.812. The van der Waals surface area contributed by atoms with E-state index in [9.17, 15) is 14.4 Å². The molecule has 1 aromatic carbocycles. The van der Waals surface area contributed by atoms with E-state index >= 15 is 0 Å². The first kappa shape index (κ1) is 18.4. The largest absolute Gasteiger partial charge is 0.325 e. The maximum atomic E-state index is 12.9. The Hall–Kier alpha value is -2.37. The SMILES string of the molecule is CC(C)c1cccc(NC(=O)CN2C(=O)N[C@]3(CCCC[C@H]3C)C2=O)c1. The fourth-order valence-electron chi connectivity index (χ4n) is 3.96. The zero-order chi connectivity index (χ0) is 18.9. The first-order valence-corrected chi connectivity index (χ1v) is 9.37. The van der Waals surface area contributed by atoms with Gasteiger partial charge < -0.3 is 10.6 Å². The predicted octanol–water partition coefficient (Wildman–Crippen LogP) is 3.25. The van der Waals surface area contributed by atoms with Gasteiger partial charge in [-0.05, 0) is 42.4 Å². The number of nitrogens with zero attached hydrogens (tertiary/aromatic N) is 1. The summed E-state index contributed by atoms with van der Waals surface area (Å²) in [5.41, 5.74) is 0.967. The summed E-state index contributed by atoms with van der Waals surface area (Å²) >= 11 is 0. The number of rotatable bonds is 4. The van der Waals surface area contributed by atoms with Crippen molar-refractivity contribution >= 4 is 23.5 Å². The van der Waals surface area contributed by atoms with Crippen LogP contribution in [0.25, 0.3) is 0 Å². The molecule has 6 nitrogen and oxygen atoms in total. The maximum absolute atomic E-state index is 12.9. The van der Waals surface area contributed by atoms with Crippen LogP contribution in [0.5, 0.6) is 0 Å². The van der Waals surface area contributed by atoms with Crippen molar-refractivity contribution < 1.29 is 14.4 Å². The molecule has 6 heteroatoms. The molecule has 1 saturated carbocycles. The van der Waals surface area contributed by atoms with E-state index in [1.165, 1.54) is 0 Å². The third-order valence-corrected chi connectivity index (χ3v) is 5.64. The van der Waals surface area contributed by atoms with Crippen LogP contribution in [0, 0.1) is 5.92 Å². The van der Waals surface area contributed by atoms with Crippen LogP contribution < -0.4 is 10.6 Å². The van der Waals surface area contributed by atoms with Crippen molar-refractivity contribution in [3.63, 3.8) is 0 Å². The Kier molecular flexibility index (Phi) is 5.03. The standard InChI is InChI=1S/C20H27N3O3/c1-13(2)15-8-6-9-16(11-15)21-17(24)12-23-18(25)20(22-19(23)26)10-5-4-7-14(20)3/h6,8-9,11,13-14H,4-5,7,10,12H2,1-3H3,(H,21,24)(H,22,26)/t14-,20+/m1/s1. The molecule has 0 bridgehead atoms. The Bertz CT molecular complexity index is 731. The summed E-state index contributed by atoms with van der Waals surface area (Å²) in [5.74, 6) is -0.190. The molecule has 3 rings (SSSR count).